The van der Waals surface area contributed by atoms with E-state index in [2.05, 4.69) is 40.7 Å². The highest BCUT2D eigenvalue weighted by molar-refractivity contribution is 8.06. The SMILES string of the molecule is CCCNC1CC2CCCC(C1)N2CC1CSCCS1. The van der Waals surface area contributed by atoms with Crippen molar-refractivity contribution in [2.75, 3.05) is 30.3 Å². The van der Waals surface area contributed by atoms with Crippen molar-refractivity contribution in [1.82, 2.24) is 10.2 Å². The molecule has 3 heterocycles. The number of nitrogens with one attached hydrogen (secondary N) is 1. The molecular weight excluding hydrogens is 284 g/mol. The lowest BCUT2D eigenvalue weighted by Gasteiger charge is -2.50. The van der Waals surface area contributed by atoms with Crippen LogP contribution in [0, 0.1) is 0 Å². The number of fused-ring (bicyclic) bond motifs is 2. The van der Waals surface area contributed by atoms with Crippen LogP contribution in [-0.4, -0.2) is 58.6 Å². The summed E-state index contributed by atoms with van der Waals surface area (Å²) in [6.07, 6.45) is 8.45. The summed E-state index contributed by atoms with van der Waals surface area (Å²) in [7, 11) is 0. The molecule has 3 saturated heterocycles. The Kier molecular flexibility index (Phi) is 6.01. The maximum absolute atomic E-state index is 3.79. The average molecular weight is 315 g/mol. The van der Waals surface area contributed by atoms with Gasteiger partial charge < -0.3 is 5.32 Å². The predicted molar refractivity (Wildman–Crippen MR) is 93.0 cm³/mol. The maximum Gasteiger partial charge on any atom is 0.0266 e. The summed E-state index contributed by atoms with van der Waals surface area (Å²) in [6.45, 7) is 4.85. The van der Waals surface area contributed by atoms with E-state index in [9.17, 15) is 0 Å². The minimum atomic E-state index is 0.801. The van der Waals surface area contributed by atoms with Crippen molar-refractivity contribution < 1.29 is 0 Å². The van der Waals surface area contributed by atoms with Crippen molar-refractivity contribution >= 4 is 23.5 Å². The highest BCUT2D eigenvalue weighted by Gasteiger charge is 2.38. The fraction of sp³-hybridized carbons (Fsp3) is 1.00. The normalized spacial score (nSPS) is 38.9. The van der Waals surface area contributed by atoms with Crippen LogP contribution >= 0.6 is 23.5 Å². The molecular formula is C16H30N2S2. The van der Waals surface area contributed by atoms with Crippen LogP contribution in [0.5, 0.6) is 0 Å². The summed E-state index contributed by atoms with van der Waals surface area (Å²) in [4.78, 5) is 2.91. The molecule has 4 heteroatoms. The monoisotopic (exact) mass is 314 g/mol. The lowest BCUT2D eigenvalue weighted by Crippen LogP contribution is -2.58. The zero-order valence-corrected chi connectivity index (χ0v) is 14.5. The van der Waals surface area contributed by atoms with E-state index < -0.39 is 0 Å². The second-order valence-corrected chi connectivity index (χ2v) is 9.18. The van der Waals surface area contributed by atoms with Gasteiger partial charge in [-0.25, -0.2) is 0 Å². The number of thioether (sulfide) groups is 2. The van der Waals surface area contributed by atoms with E-state index in [4.69, 9.17) is 0 Å². The van der Waals surface area contributed by atoms with Crippen molar-refractivity contribution in [1.29, 1.82) is 0 Å². The molecule has 0 radical (unpaired) electrons. The van der Waals surface area contributed by atoms with Crippen molar-refractivity contribution in [3.63, 3.8) is 0 Å². The van der Waals surface area contributed by atoms with Gasteiger partial charge in [0.05, 0.1) is 0 Å². The van der Waals surface area contributed by atoms with E-state index in [0.29, 0.717) is 0 Å². The van der Waals surface area contributed by atoms with Gasteiger partial charge in [-0.3, -0.25) is 4.90 Å². The van der Waals surface area contributed by atoms with E-state index in [0.717, 1.165) is 23.4 Å². The van der Waals surface area contributed by atoms with E-state index in [1.54, 1.807) is 0 Å². The highest BCUT2D eigenvalue weighted by atomic mass is 32.2. The standard InChI is InChI=1S/C16H30N2S2/c1-2-6-17-13-9-14-4-3-5-15(10-13)18(14)11-16-12-19-7-8-20-16/h13-17H,2-12H2,1H3. The first-order valence-corrected chi connectivity index (χ1v) is 10.8. The number of hydrogen-bond acceptors (Lipinski definition) is 4. The molecule has 3 aliphatic rings. The number of hydrogen-bond donors (Lipinski definition) is 1. The van der Waals surface area contributed by atoms with E-state index in [1.165, 1.54) is 68.9 Å². The van der Waals surface area contributed by atoms with Crippen LogP contribution in [-0.2, 0) is 0 Å². The Morgan fingerprint density at radius 1 is 1.15 bits per heavy atom. The zero-order valence-electron chi connectivity index (χ0n) is 12.9. The molecule has 0 aromatic rings. The van der Waals surface area contributed by atoms with Crippen LogP contribution < -0.4 is 5.32 Å². The van der Waals surface area contributed by atoms with Gasteiger partial charge in [0.1, 0.15) is 0 Å². The molecule has 0 amide bonds. The molecule has 3 fully saturated rings. The van der Waals surface area contributed by atoms with Gasteiger partial charge in [-0.15, -0.1) is 0 Å². The summed E-state index contributed by atoms with van der Waals surface area (Å²) in [6, 6.07) is 2.56. The Morgan fingerprint density at radius 2 is 1.95 bits per heavy atom. The third kappa shape index (κ3) is 3.88. The molecule has 2 bridgehead atoms. The van der Waals surface area contributed by atoms with Crippen LogP contribution in [0.3, 0.4) is 0 Å². The Morgan fingerprint density at radius 3 is 2.60 bits per heavy atom. The number of piperidine rings is 2. The first-order chi connectivity index (χ1) is 9.86. The summed E-state index contributed by atoms with van der Waals surface area (Å²) in [5, 5.41) is 4.69. The second kappa shape index (κ2) is 7.75. The summed E-state index contributed by atoms with van der Waals surface area (Å²) < 4.78 is 0. The Labute approximate surface area is 133 Å². The van der Waals surface area contributed by atoms with Crippen LogP contribution in [0.25, 0.3) is 0 Å². The van der Waals surface area contributed by atoms with Crippen molar-refractivity contribution in [2.24, 2.45) is 0 Å². The third-order valence-electron chi connectivity index (χ3n) is 5.11. The van der Waals surface area contributed by atoms with E-state index in [1.807, 2.05) is 0 Å². The van der Waals surface area contributed by atoms with E-state index >= 15 is 0 Å². The Balaban J connectivity index is 1.55. The van der Waals surface area contributed by atoms with Crippen LogP contribution in [0.15, 0.2) is 0 Å². The first-order valence-electron chi connectivity index (χ1n) is 8.55. The largest absolute Gasteiger partial charge is 0.314 e. The van der Waals surface area contributed by atoms with E-state index in [-0.39, 0.29) is 0 Å². The quantitative estimate of drug-likeness (QED) is 0.838. The molecule has 0 aromatic heterocycles. The smallest absolute Gasteiger partial charge is 0.0266 e. The van der Waals surface area contributed by atoms with Gasteiger partial charge in [0.15, 0.2) is 0 Å². The first kappa shape index (κ1) is 15.5. The molecule has 2 nitrogen and oxygen atoms in total. The molecule has 0 aliphatic carbocycles. The molecule has 0 spiro atoms. The van der Waals surface area contributed by atoms with Gasteiger partial charge >= 0.3 is 0 Å². The summed E-state index contributed by atoms with van der Waals surface area (Å²) in [5.74, 6) is 4.13. The van der Waals surface area contributed by atoms with Crippen molar-refractivity contribution in [3.8, 4) is 0 Å². The molecule has 1 N–H and O–H groups in total. The molecule has 20 heavy (non-hydrogen) atoms. The van der Waals surface area contributed by atoms with Crippen LogP contribution in [0.1, 0.15) is 45.4 Å². The fourth-order valence-corrected chi connectivity index (χ4v) is 6.84. The molecule has 0 aromatic carbocycles. The number of nitrogens with zero attached hydrogens (tertiary/aromatic N) is 1. The van der Waals surface area contributed by atoms with Gasteiger partial charge in [0.2, 0.25) is 0 Å². The molecule has 3 aliphatic heterocycles. The molecule has 3 atom stereocenters. The minimum Gasteiger partial charge on any atom is -0.314 e. The highest BCUT2D eigenvalue weighted by Crippen LogP contribution is 2.36. The van der Waals surface area contributed by atoms with Crippen LogP contribution in [0.4, 0.5) is 0 Å². The third-order valence-corrected chi connectivity index (χ3v) is 7.94. The molecule has 116 valence electrons. The van der Waals surface area contributed by atoms with Crippen LogP contribution in [0.2, 0.25) is 0 Å². The molecule has 0 saturated carbocycles. The second-order valence-electron chi connectivity index (χ2n) is 6.63. The lowest BCUT2D eigenvalue weighted by molar-refractivity contribution is 0.0262. The van der Waals surface area contributed by atoms with Crippen molar-refractivity contribution in [3.05, 3.63) is 0 Å². The fourth-order valence-electron chi connectivity index (χ4n) is 4.17. The predicted octanol–water partition coefficient (Wildman–Crippen LogP) is 3.22. The minimum absolute atomic E-state index is 0.801. The Hall–Kier alpha value is 0.620. The topological polar surface area (TPSA) is 15.3 Å². The zero-order chi connectivity index (χ0) is 13.8. The van der Waals surface area contributed by atoms with Gasteiger partial charge in [-0.1, -0.05) is 13.3 Å². The summed E-state index contributed by atoms with van der Waals surface area (Å²) in [5.41, 5.74) is 0. The Bertz CT molecular complexity index is 280. The maximum atomic E-state index is 3.79. The van der Waals surface area contributed by atoms with Crippen molar-refractivity contribution in [2.45, 2.75) is 68.8 Å². The molecule has 3 unspecified atom stereocenters. The van der Waals surface area contributed by atoms with Gasteiger partial charge in [-0.05, 0) is 38.6 Å². The van der Waals surface area contributed by atoms with Gasteiger partial charge in [0.25, 0.3) is 0 Å². The summed E-state index contributed by atoms with van der Waals surface area (Å²) >= 11 is 4.40. The molecule has 3 rings (SSSR count). The average Bonchev–Trinajstić information content (AvgIpc) is 2.46. The lowest BCUT2D eigenvalue weighted by atomic mass is 9.81. The van der Waals surface area contributed by atoms with Gasteiger partial charge in [0, 0.05) is 47.2 Å². The van der Waals surface area contributed by atoms with Gasteiger partial charge in [-0.2, -0.15) is 23.5 Å². The number of rotatable bonds is 5.